The van der Waals surface area contributed by atoms with Gasteiger partial charge in [-0.05, 0) is 17.5 Å². The highest BCUT2D eigenvalue weighted by molar-refractivity contribution is 6.08. The number of fused-ring (bicyclic) bond motifs is 1. The highest BCUT2D eigenvalue weighted by Gasteiger charge is 2.19. The standard InChI is InChI=1S/C16H17NO5/c1-21-13-8-7-12(10-5-3-4-6-11(10)13)15(18)17-9-14(22-2)16(19)20/h3-8,14H,9H2,1-2H3,(H,17,18)(H,19,20). The van der Waals surface area contributed by atoms with E-state index in [0.29, 0.717) is 11.3 Å². The van der Waals surface area contributed by atoms with Crippen LogP contribution < -0.4 is 10.1 Å². The number of hydrogen-bond donors (Lipinski definition) is 2. The largest absolute Gasteiger partial charge is 0.496 e. The summed E-state index contributed by atoms with van der Waals surface area (Å²) in [7, 11) is 2.85. The van der Waals surface area contributed by atoms with Crippen molar-refractivity contribution in [2.24, 2.45) is 0 Å². The predicted molar refractivity (Wildman–Crippen MR) is 81.3 cm³/mol. The Hall–Kier alpha value is -2.60. The van der Waals surface area contributed by atoms with Crippen molar-refractivity contribution in [2.75, 3.05) is 20.8 Å². The van der Waals surface area contributed by atoms with Crippen LogP contribution in [0, 0.1) is 0 Å². The van der Waals surface area contributed by atoms with Gasteiger partial charge in [-0.1, -0.05) is 24.3 Å². The number of amides is 1. The van der Waals surface area contributed by atoms with E-state index in [4.69, 9.17) is 14.6 Å². The van der Waals surface area contributed by atoms with Gasteiger partial charge in [-0.3, -0.25) is 4.79 Å². The third-order valence-electron chi connectivity index (χ3n) is 3.36. The Balaban J connectivity index is 2.27. The molecule has 1 amide bonds. The van der Waals surface area contributed by atoms with E-state index in [1.165, 1.54) is 7.11 Å². The SMILES string of the molecule is COc1ccc(C(=O)NCC(OC)C(=O)O)c2ccccc12. The predicted octanol–water partition coefficient (Wildman–Crippen LogP) is 1.68. The van der Waals surface area contributed by atoms with Crippen molar-refractivity contribution in [2.45, 2.75) is 6.10 Å². The normalized spacial score (nSPS) is 11.9. The molecule has 0 heterocycles. The smallest absolute Gasteiger partial charge is 0.334 e. The fraction of sp³-hybridized carbons (Fsp3) is 0.250. The van der Waals surface area contributed by atoms with Crippen LogP contribution in [0.25, 0.3) is 10.8 Å². The Labute approximate surface area is 127 Å². The van der Waals surface area contributed by atoms with Crippen LogP contribution in [-0.2, 0) is 9.53 Å². The fourth-order valence-corrected chi connectivity index (χ4v) is 2.20. The third-order valence-corrected chi connectivity index (χ3v) is 3.36. The van der Waals surface area contributed by atoms with Crippen LogP contribution >= 0.6 is 0 Å². The molecule has 2 aromatic rings. The molecule has 22 heavy (non-hydrogen) atoms. The van der Waals surface area contributed by atoms with Crippen molar-refractivity contribution in [1.29, 1.82) is 0 Å². The van der Waals surface area contributed by atoms with Crippen molar-refractivity contribution in [1.82, 2.24) is 5.32 Å². The molecule has 0 aliphatic carbocycles. The average Bonchev–Trinajstić information content (AvgIpc) is 2.53. The minimum Gasteiger partial charge on any atom is -0.496 e. The third kappa shape index (κ3) is 3.17. The summed E-state index contributed by atoms with van der Waals surface area (Å²) in [6.07, 6.45) is -1.08. The van der Waals surface area contributed by atoms with Gasteiger partial charge in [-0.15, -0.1) is 0 Å². The maximum Gasteiger partial charge on any atom is 0.334 e. The number of nitrogens with one attached hydrogen (secondary N) is 1. The van der Waals surface area contributed by atoms with Crippen molar-refractivity contribution in [3.8, 4) is 5.75 Å². The van der Waals surface area contributed by atoms with Crippen LogP contribution in [0.5, 0.6) is 5.75 Å². The highest BCUT2D eigenvalue weighted by atomic mass is 16.5. The summed E-state index contributed by atoms with van der Waals surface area (Å²) in [6.45, 7) is -0.106. The summed E-state index contributed by atoms with van der Waals surface area (Å²) in [4.78, 5) is 23.2. The highest BCUT2D eigenvalue weighted by Crippen LogP contribution is 2.28. The first-order valence-electron chi connectivity index (χ1n) is 6.68. The summed E-state index contributed by atoms with van der Waals surface area (Å²) < 4.78 is 10.1. The molecule has 116 valence electrons. The Morgan fingerprint density at radius 2 is 1.82 bits per heavy atom. The summed E-state index contributed by atoms with van der Waals surface area (Å²) in [5.41, 5.74) is 0.455. The van der Waals surface area contributed by atoms with Crippen LogP contribution in [0.1, 0.15) is 10.4 Å². The van der Waals surface area contributed by atoms with Gasteiger partial charge in [0.25, 0.3) is 5.91 Å². The number of benzene rings is 2. The molecule has 2 rings (SSSR count). The first-order valence-corrected chi connectivity index (χ1v) is 6.68. The van der Waals surface area contributed by atoms with Gasteiger partial charge >= 0.3 is 5.97 Å². The summed E-state index contributed by atoms with van der Waals surface area (Å²) in [6, 6.07) is 10.7. The monoisotopic (exact) mass is 303 g/mol. The summed E-state index contributed by atoms with van der Waals surface area (Å²) in [5.74, 6) is -0.808. The minimum atomic E-state index is -1.12. The molecule has 0 aliphatic heterocycles. The zero-order valence-corrected chi connectivity index (χ0v) is 12.3. The molecule has 0 radical (unpaired) electrons. The molecule has 0 aliphatic rings. The number of carbonyl (C=O) groups is 2. The van der Waals surface area contributed by atoms with Crippen molar-refractivity contribution >= 4 is 22.6 Å². The lowest BCUT2D eigenvalue weighted by Gasteiger charge is -2.13. The van der Waals surface area contributed by atoms with E-state index in [-0.39, 0.29) is 12.5 Å². The van der Waals surface area contributed by atoms with Crippen molar-refractivity contribution < 1.29 is 24.2 Å². The van der Waals surface area contributed by atoms with Crippen LogP contribution in [0.3, 0.4) is 0 Å². The Bertz CT molecular complexity index is 698. The molecule has 0 saturated heterocycles. The molecule has 6 nitrogen and oxygen atoms in total. The van der Waals surface area contributed by atoms with E-state index >= 15 is 0 Å². The fourth-order valence-electron chi connectivity index (χ4n) is 2.20. The minimum absolute atomic E-state index is 0.106. The molecule has 0 fully saturated rings. The van der Waals surface area contributed by atoms with Crippen LogP contribution in [0.2, 0.25) is 0 Å². The molecule has 1 unspecified atom stereocenters. The number of carboxylic acid groups (broad SMARTS) is 1. The molecule has 2 N–H and O–H groups in total. The van der Waals surface area contributed by atoms with E-state index in [9.17, 15) is 9.59 Å². The van der Waals surface area contributed by atoms with E-state index in [1.54, 1.807) is 19.2 Å². The second-order valence-corrected chi connectivity index (χ2v) is 4.63. The molecule has 1 atom stereocenters. The summed E-state index contributed by atoms with van der Waals surface area (Å²) >= 11 is 0. The van der Waals surface area contributed by atoms with Crippen molar-refractivity contribution in [3.63, 3.8) is 0 Å². The van der Waals surface area contributed by atoms with Crippen LogP contribution in [0.4, 0.5) is 0 Å². The Morgan fingerprint density at radius 1 is 1.14 bits per heavy atom. The van der Waals surface area contributed by atoms with Gasteiger partial charge in [-0.2, -0.15) is 0 Å². The number of rotatable bonds is 6. The number of hydrogen-bond acceptors (Lipinski definition) is 4. The number of methoxy groups -OCH3 is 2. The Kier molecular flexibility index (Phi) is 4.95. The van der Waals surface area contributed by atoms with Crippen LogP contribution in [-0.4, -0.2) is 43.9 Å². The molecule has 6 heteroatoms. The molecule has 0 aromatic heterocycles. The zero-order chi connectivity index (χ0) is 16.1. The van der Waals surface area contributed by atoms with Gasteiger partial charge in [0.1, 0.15) is 5.75 Å². The zero-order valence-electron chi connectivity index (χ0n) is 12.3. The molecule has 2 aromatic carbocycles. The molecule has 0 saturated carbocycles. The quantitative estimate of drug-likeness (QED) is 0.848. The van der Waals surface area contributed by atoms with Gasteiger partial charge < -0.3 is 19.9 Å². The number of carboxylic acids is 1. The first kappa shape index (κ1) is 15.8. The lowest BCUT2D eigenvalue weighted by molar-refractivity contribution is -0.148. The lowest BCUT2D eigenvalue weighted by atomic mass is 10.0. The van der Waals surface area contributed by atoms with Gasteiger partial charge in [0.05, 0.1) is 13.7 Å². The average molecular weight is 303 g/mol. The number of ether oxygens (including phenoxy) is 2. The molecular weight excluding hydrogens is 286 g/mol. The molecule has 0 bridgehead atoms. The van der Waals surface area contributed by atoms with E-state index in [0.717, 1.165) is 10.8 Å². The van der Waals surface area contributed by atoms with E-state index < -0.39 is 12.1 Å². The van der Waals surface area contributed by atoms with Gasteiger partial charge in [0, 0.05) is 18.1 Å². The maximum absolute atomic E-state index is 12.3. The topological polar surface area (TPSA) is 84.9 Å². The Morgan fingerprint density at radius 3 is 2.41 bits per heavy atom. The van der Waals surface area contributed by atoms with E-state index in [2.05, 4.69) is 5.32 Å². The van der Waals surface area contributed by atoms with Gasteiger partial charge in [0.15, 0.2) is 6.10 Å². The van der Waals surface area contributed by atoms with Gasteiger partial charge in [0.2, 0.25) is 0 Å². The summed E-state index contributed by atoms with van der Waals surface area (Å²) in [5, 5.41) is 13.0. The maximum atomic E-state index is 12.3. The number of carbonyl (C=O) groups excluding carboxylic acids is 1. The van der Waals surface area contributed by atoms with Crippen molar-refractivity contribution in [3.05, 3.63) is 42.0 Å². The van der Waals surface area contributed by atoms with Crippen LogP contribution in [0.15, 0.2) is 36.4 Å². The first-order chi connectivity index (χ1) is 10.6. The second kappa shape index (κ2) is 6.91. The van der Waals surface area contributed by atoms with Gasteiger partial charge in [-0.25, -0.2) is 4.79 Å². The lowest BCUT2D eigenvalue weighted by Crippen LogP contribution is -2.37. The number of aliphatic carboxylic acids is 1. The molecule has 0 spiro atoms. The second-order valence-electron chi connectivity index (χ2n) is 4.63. The molecular formula is C16H17NO5. The van der Waals surface area contributed by atoms with E-state index in [1.807, 2.05) is 24.3 Å².